The normalized spacial score (nSPS) is 15.9. The summed E-state index contributed by atoms with van der Waals surface area (Å²) in [5.74, 6) is 0.421. The first-order valence-electron chi connectivity index (χ1n) is 10.3. The Morgan fingerprint density at radius 3 is 2.65 bits per heavy atom. The summed E-state index contributed by atoms with van der Waals surface area (Å²) in [4.78, 5) is 26.5. The van der Waals surface area contributed by atoms with Crippen LogP contribution in [0, 0.1) is 11.3 Å². The van der Waals surface area contributed by atoms with Gasteiger partial charge in [0.15, 0.2) is 6.61 Å². The number of fused-ring (bicyclic) bond motifs is 1. The van der Waals surface area contributed by atoms with Gasteiger partial charge in [-0.15, -0.1) is 11.3 Å². The quantitative estimate of drug-likeness (QED) is 0.395. The maximum absolute atomic E-state index is 12.7. The molecule has 0 saturated carbocycles. The van der Waals surface area contributed by atoms with E-state index in [4.69, 9.17) is 9.47 Å². The van der Waals surface area contributed by atoms with Crippen molar-refractivity contribution < 1.29 is 19.1 Å². The molecular formula is C23H27Br2NO4S. The second-order valence-electron chi connectivity index (χ2n) is 8.65. The number of thiophene rings is 1. The van der Waals surface area contributed by atoms with Crippen molar-refractivity contribution >= 4 is 60.1 Å². The SMILES string of the molecule is CCOC(=O)c1c(NC(=O)COc2ccc(Br)cc2Br)sc2c1CCC(C(C)(C)C)C2. The number of carbonyl (C=O) groups is 2. The molecule has 0 saturated heterocycles. The van der Waals surface area contributed by atoms with Crippen LogP contribution in [0.1, 0.15) is 54.9 Å². The smallest absolute Gasteiger partial charge is 0.341 e. The lowest BCUT2D eigenvalue weighted by Gasteiger charge is -2.33. The number of ether oxygens (including phenoxy) is 2. The number of amides is 1. The van der Waals surface area contributed by atoms with Crippen LogP contribution in [0.3, 0.4) is 0 Å². The number of anilines is 1. The average Bonchev–Trinajstić information content (AvgIpc) is 3.03. The molecule has 0 fully saturated rings. The summed E-state index contributed by atoms with van der Waals surface area (Å²) < 4.78 is 12.6. The van der Waals surface area contributed by atoms with Crippen LogP contribution in [-0.2, 0) is 22.4 Å². The highest BCUT2D eigenvalue weighted by Crippen LogP contribution is 2.44. The summed E-state index contributed by atoms with van der Waals surface area (Å²) in [6, 6.07) is 5.48. The van der Waals surface area contributed by atoms with Crippen molar-refractivity contribution in [3.8, 4) is 5.75 Å². The Morgan fingerprint density at radius 1 is 1.26 bits per heavy atom. The van der Waals surface area contributed by atoms with E-state index in [0.29, 0.717) is 28.8 Å². The van der Waals surface area contributed by atoms with Crippen LogP contribution in [0.5, 0.6) is 5.75 Å². The van der Waals surface area contributed by atoms with Crippen molar-refractivity contribution in [3.63, 3.8) is 0 Å². The van der Waals surface area contributed by atoms with Crippen LogP contribution in [0.15, 0.2) is 27.1 Å². The molecule has 1 N–H and O–H groups in total. The van der Waals surface area contributed by atoms with E-state index < -0.39 is 0 Å². The predicted octanol–water partition coefficient (Wildman–Crippen LogP) is 6.62. The van der Waals surface area contributed by atoms with E-state index >= 15 is 0 Å². The summed E-state index contributed by atoms with van der Waals surface area (Å²) in [7, 11) is 0. The highest BCUT2D eigenvalue weighted by molar-refractivity contribution is 9.11. The summed E-state index contributed by atoms with van der Waals surface area (Å²) in [5.41, 5.74) is 1.73. The van der Waals surface area contributed by atoms with Crippen LogP contribution in [0.25, 0.3) is 0 Å². The molecule has 0 spiro atoms. The Morgan fingerprint density at radius 2 is 2.00 bits per heavy atom. The fourth-order valence-corrected chi connectivity index (χ4v) is 6.22. The van der Waals surface area contributed by atoms with Gasteiger partial charge in [-0.1, -0.05) is 36.7 Å². The van der Waals surface area contributed by atoms with Crippen LogP contribution >= 0.6 is 43.2 Å². The van der Waals surface area contributed by atoms with E-state index in [-0.39, 0.29) is 23.9 Å². The highest BCUT2D eigenvalue weighted by Gasteiger charge is 2.34. The molecule has 5 nitrogen and oxygen atoms in total. The topological polar surface area (TPSA) is 64.6 Å². The van der Waals surface area contributed by atoms with Crippen molar-refractivity contribution in [3.05, 3.63) is 43.1 Å². The number of halogens is 2. The van der Waals surface area contributed by atoms with Gasteiger partial charge in [-0.25, -0.2) is 4.79 Å². The number of hydrogen-bond acceptors (Lipinski definition) is 5. The fourth-order valence-electron chi connectivity index (χ4n) is 3.73. The van der Waals surface area contributed by atoms with E-state index in [0.717, 1.165) is 33.8 Å². The molecule has 0 aliphatic heterocycles. The molecule has 1 aliphatic rings. The first-order chi connectivity index (χ1) is 14.6. The van der Waals surface area contributed by atoms with Gasteiger partial charge in [0.2, 0.25) is 0 Å². The standard InChI is InChI=1S/C23H27Br2NO4S/c1-5-29-22(28)20-15-8-6-13(23(2,3)4)10-18(15)31-21(20)26-19(27)12-30-17-9-7-14(24)11-16(17)25/h7,9,11,13H,5-6,8,10,12H2,1-4H3,(H,26,27). The molecular weight excluding hydrogens is 546 g/mol. The molecule has 1 amide bonds. The van der Waals surface area contributed by atoms with Gasteiger partial charge in [0.05, 0.1) is 16.6 Å². The molecule has 31 heavy (non-hydrogen) atoms. The number of hydrogen-bond donors (Lipinski definition) is 1. The lowest BCUT2D eigenvalue weighted by Crippen LogP contribution is -2.26. The summed E-state index contributed by atoms with van der Waals surface area (Å²) in [6.07, 6.45) is 2.75. The third-order valence-electron chi connectivity index (χ3n) is 5.48. The van der Waals surface area contributed by atoms with Gasteiger partial charge in [0.25, 0.3) is 5.91 Å². The first kappa shape index (κ1) is 24.3. The summed E-state index contributed by atoms with van der Waals surface area (Å²) in [6.45, 7) is 8.68. The molecule has 0 radical (unpaired) electrons. The molecule has 168 valence electrons. The number of carbonyl (C=O) groups excluding carboxylic acids is 2. The Hall–Kier alpha value is -1.38. The molecule has 1 atom stereocenters. The molecule has 1 unspecified atom stereocenters. The third kappa shape index (κ3) is 5.90. The molecule has 1 aliphatic carbocycles. The second-order valence-corrected chi connectivity index (χ2v) is 11.5. The Balaban J connectivity index is 1.78. The van der Waals surface area contributed by atoms with E-state index in [1.54, 1.807) is 13.0 Å². The predicted molar refractivity (Wildman–Crippen MR) is 131 cm³/mol. The van der Waals surface area contributed by atoms with Crippen LogP contribution in [-0.4, -0.2) is 25.1 Å². The monoisotopic (exact) mass is 571 g/mol. The molecule has 8 heteroatoms. The lowest BCUT2D eigenvalue weighted by molar-refractivity contribution is -0.118. The largest absolute Gasteiger partial charge is 0.483 e. The zero-order valence-electron chi connectivity index (χ0n) is 18.1. The first-order valence-corrected chi connectivity index (χ1v) is 12.7. The molecule has 1 heterocycles. The molecule has 1 aromatic carbocycles. The van der Waals surface area contributed by atoms with Crippen molar-refractivity contribution in [2.24, 2.45) is 11.3 Å². The van der Waals surface area contributed by atoms with Crippen molar-refractivity contribution in [1.82, 2.24) is 0 Å². The van der Waals surface area contributed by atoms with Crippen molar-refractivity contribution in [1.29, 1.82) is 0 Å². The van der Waals surface area contributed by atoms with E-state index in [9.17, 15) is 9.59 Å². The molecule has 2 aromatic rings. The lowest BCUT2D eigenvalue weighted by atomic mass is 9.72. The van der Waals surface area contributed by atoms with Gasteiger partial charge in [0.1, 0.15) is 10.8 Å². The van der Waals surface area contributed by atoms with E-state index in [1.807, 2.05) is 12.1 Å². The van der Waals surface area contributed by atoms with Gasteiger partial charge in [-0.05, 0) is 77.2 Å². The van der Waals surface area contributed by atoms with Crippen molar-refractivity contribution in [2.45, 2.75) is 47.0 Å². The minimum Gasteiger partial charge on any atom is -0.483 e. The van der Waals surface area contributed by atoms with E-state index in [2.05, 4.69) is 57.9 Å². The molecule has 3 rings (SSSR count). The van der Waals surface area contributed by atoms with Crippen LogP contribution in [0.2, 0.25) is 0 Å². The minimum atomic E-state index is -0.374. The molecule has 0 bridgehead atoms. The fraction of sp³-hybridized carbons (Fsp3) is 0.478. The number of nitrogens with one attached hydrogen (secondary N) is 1. The zero-order valence-corrected chi connectivity index (χ0v) is 22.1. The van der Waals surface area contributed by atoms with Crippen LogP contribution in [0.4, 0.5) is 5.00 Å². The highest BCUT2D eigenvalue weighted by atomic mass is 79.9. The second kappa shape index (κ2) is 10.0. The average molecular weight is 573 g/mol. The summed E-state index contributed by atoms with van der Waals surface area (Å²) in [5, 5.41) is 3.45. The van der Waals surface area contributed by atoms with Crippen LogP contribution < -0.4 is 10.1 Å². The zero-order chi connectivity index (χ0) is 22.8. The maximum atomic E-state index is 12.7. The summed E-state index contributed by atoms with van der Waals surface area (Å²) >= 11 is 8.31. The third-order valence-corrected chi connectivity index (χ3v) is 7.76. The molecule has 1 aromatic heterocycles. The number of esters is 1. The van der Waals surface area contributed by atoms with Gasteiger partial charge in [0, 0.05) is 9.35 Å². The Bertz CT molecular complexity index is 981. The van der Waals surface area contributed by atoms with Crippen molar-refractivity contribution in [2.75, 3.05) is 18.5 Å². The number of rotatable bonds is 6. The Labute approximate surface area is 204 Å². The minimum absolute atomic E-state index is 0.157. The Kier molecular flexibility index (Phi) is 7.86. The van der Waals surface area contributed by atoms with Gasteiger partial charge in [-0.3, -0.25) is 4.79 Å². The van der Waals surface area contributed by atoms with Gasteiger partial charge in [-0.2, -0.15) is 0 Å². The maximum Gasteiger partial charge on any atom is 0.341 e. The van der Waals surface area contributed by atoms with E-state index in [1.165, 1.54) is 16.2 Å². The number of benzene rings is 1. The van der Waals surface area contributed by atoms with Gasteiger partial charge >= 0.3 is 5.97 Å². The van der Waals surface area contributed by atoms with Gasteiger partial charge < -0.3 is 14.8 Å².